The molecule has 51 heavy (non-hydrogen) atoms. The number of benzene rings is 5. The van der Waals surface area contributed by atoms with E-state index in [4.69, 9.17) is 26.4 Å². The molecule has 3 heterocycles. The molecule has 5 aromatic carbocycles. The minimum atomic E-state index is -0.306. The van der Waals surface area contributed by atoms with E-state index in [9.17, 15) is 9.59 Å². The Kier molecular flexibility index (Phi) is 8.75. The number of nitrogens with one attached hydrogen (secondary N) is 1. The Hall–Kier alpha value is -5.51. The van der Waals surface area contributed by atoms with Crippen LogP contribution in [0.2, 0.25) is 5.02 Å². The molecule has 10 heteroatoms. The molecule has 1 N–H and O–H groups in total. The van der Waals surface area contributed by atoms with E-state index in [1.165, 1.54) is 4.57 Å². The summed E-state index contributed by atoms with van der Waals surface area (Å²) in [5.74, 6) is 0.853. The van der Waals surface area contributed by atoms with Crippen LogP contribution in [-0.2, 0) is 11.2 Å². The monoisotopic (exact) mass is 755 g/mol. The fraction of sp³-hybridized carbons (Fsp3) is 0.122. The van der Waals surface area contributed by atoms with Gasteiger partial charge in [-0.1, -0.05) is 100 Å². The molecule has 8 rings (SSSR count). The molecule has 0 amide bonds. The Balaban J connectivity index is 1.23. The molecule has 1 aliphatic heterocycles. The van der Waals surface area contributed by atoms with Gasteiger partial charge in [-0.2, -0.15) is 5.10 Å². The van der Waals surface area contributed by atoms with Crippen LogP contribution < -0.4 is 10.3 Å². The number of hydrogen-bond donors (Lipinski definition) is 1. The lowest BCUT2D eigenvalue weighted by molar-refractivity contribution is -0.120. The molecular formula is C41H31BrClN5O3. The second-order valence-electron chi connectivity index (χ2n) is 12.4. The minimum absolute atomic E-state index is 0.0200. The van der Waals surface area contributed by atoms with E-state index < -0.39 is 0 Å². The molecule has 252 valence electrons. The maximum absolute atomic E-state index is 14.3. The second kappa shape index (κ2) is 13.7. The van der Waals surface area contributed by atoms with Gasteiger partial charge in [0.2, 0.25) is 0 Å². The van der Waals surface area contributed by atoms with E-state index in [0.717, 1.165) is 43.5 Å². The average molecular weight is 757 g/mol. The molecule has 7 aromatic rings. The van der Waals surface area contributed by atoms with Crippen LogP contribution in [0.5, 0.6) is 5.75 Å². The largest absolute Gasteiger partial charge is 0.496 e. The number of ketones is 1. The van der Waals surface area contributed by atoms with Crippen molar-refractivity contribution in [1.82, 2.24) is 19.5 Å². The van der Waals surface area contributed by atoms with E-state index in [-0.39, 0.29) is 30.3 Å². The summed E-state index contributed by atoms with van der Waals surface area (Å²) in [6.45, 7) is -0.0200. The van der Waals surface area contributed by atoms with Gasteiger partial charge < -0.3 is 9.72 Å². The number of para-hydroxylation sites is 3. The van der Waals surface area contributed by atoms with Crippen LogP contribution in [0.25, 0.3) is 38.8 Å². The normalized spacial score (nSPS) is 14.3. The molecule has 0 saturated heterocycles. The fourth-order valence-corrected chi connectivity index (χ4v) is 7.54. The molecule has 0 fully saturated rings. The van der Waals surface area contributed by atoms with E-state index in [2.05, 4.69) is 45.2 Å². The number of carbonyl (C=O) groups is 1. The summed E-state index contributed by atoms with van der Waals surface area (Å²) in [7, 11) is 1.65. The number of H-pyrrole nitrogens is 1. The van der Waals surface area contributed by atoms with E-state index in [0.29, 0.717) is 39.6 Å². The first-order chi connectivity index (χ1) is 24.9. The summed E-state index contributed by atoms with van der Waals surface area (Å²) in [6.07, 6.45) is 0.428. The maximum atomic E-state index is 14.3. The zero-order chi connectivity index (χ0) is 35.1. The summed E-state index contributed by atoms with van der Waals surface area (Å²) in [4.78, 5) is 36.8. The number of aromatic amines is 1. The minimum Gasteiger partial charge on any atom is -0.496 e. The highest BCUT2D eigenvalue weighted by molar-refractivity contribution is 9.10. The van der Waals surface area contributed by atoms with Crippen LogP contribution in [0, 0.1) is 0 Å². The van der Waals surface area contributed by atoms with Crippen LogP contribution in [0.15, 0.2) is 136 Å². The Labute approximate surface area is 307 Å². The summed E-state index contributed by atoms with van der Waals surface area (Å²) in [5, 5.41) is 8.85. The highest BCUT2D eigenvalue weighted by Gasteiger charge is 2.35. The van der Waals surface area contributed by atoms with Crippen molar-refractivity contribution in [2.45, 2.75) is 18.9 Å². The van der Waals surface area contributed by atoms with Gasteiger partial charge in [-0.15, -0.1) is 0 Å². The highest BCUT2D eigenvalue weighted by Crippen LogP contribution is 2.43. The molecule has 0 saturated carbocycles. The van der Waals surface area contributed by atoms with Crippen molar-refractivity contribution in [2.75, 3.05) is 13.7 Å². The van der Waals surface area contributed by atoms with Crippen molar-refractivity contribution in [1.29, 1.82) is 0 Å². The molecule has 0 aliphatic carbocycles. The number of halogens is 2. The van der Waals surface area contributed by atoms with Crippen molar-refractivity contribution in [3.8, 4) is 22.7 Å². The predicted octanol–water partition coefficient (Wildman–Crippen LogP) is 8.92. The van der Waals surface area contributed by atoms with Gasteiger partial charge in [0.25, 0.3) is 5.56 Å². The van der Waals surface area contributed by atoms with Crippen molar-refractivity contribution in [2.24, 2.45) is 5.10 Å². The number of carbonyl (C=O) groups excluding carboxylic acids is 1. The fourth-order valence-electron chi connectivity index (χ4n) is 6.96. The number of nitrogens with zero attached hydrogens (tertiary/aromatic N) is 4. The Morgan fingerprint density at radius 3 is 2.49 bits per heavy atom. The average Bonchev–Trinajstić information content (AvgIpc) is 3.74. The highest BCUT2D eigenvalue weighted by atomic mass is 79.9. The van der Waals surface area contributed by atoms with Crippen LogP contribution in [0.4, 0.5) is 0 Å². The standard InChI is InChI=1S/C41H31BrClN5O3/c1-51-37-18-10-6-13-28(37)34-23-36(39-29-14-5-8-16-32(29)45-40(39)25-11-3-2-4-12-25)47(46-34)24-27(49)22-38-44-33-20-19-26(42)21-30(33)41(50)48(38)35-17-9-7-15-31(35)43/h2-21,36,45H,22-24H2,1H3. The smallest absolute Gasteiger partial charge is 0.266 e. The Morgan fingerprint density at radius 1 is 0.922 bits per heavy atom. The first-order valence-corrected chi connectivity index (χ1v) is 17.7. The molecule has 0 radical (unpaired) electrons. The van der Waals surface area contributed by atoms with Crippen LogP contribution in [0.3, 0.4) is 0 Å². The van der Waals surface area contributed by atoms with Gasteiger partial charge in [-0.25, -0.2) is 4.98 Å². The molecule has 1 atom stereocenters. The third kappa shape index (κ3) is 6.13. The Bertz CT molecular complexity index is 2550. The van der Waals surface area contributed by atoms with Crippen molar-refractivity contribution < 1.29 is 9.53 Å². The Morgan fingerprint density at radius 2 is 1.67 bits per heavy atom. The lowest BCUT2D eigenvalue weighted by atomic mass is 9.93. The summed E-state index contributed by atoms with van der Waals surface area (Å²) in [6, 6.07) is 38.3. The predicted molar refractivity (Wildman–Crippen MR) is 206 cm³/mol. The molecule has 0 spiro atoms. The molecular weight excluding hydrogens is 726 g/mol. The van der Waals surface area contributed by atoms with Crippen molar-refractivity contribution in [3.63, 3.8) is 0 Å². The van der Waals surface area contributed by atoms with Gasteiger partial charge in [-0.3, -0.25) is 19.2 Å². The summed E-state index contributed by atoms with van der Waals surface area (Å²) >= 11 is 10.1. The van der Waals surface area contributed by atoms with Gasteiger partial charge in [0.1, 0.15) is 11.6 Å². The van der Waals surface area contributed by atoms with Crippen LogP contribution >= 0.6 is 27.5 Å². The van der Waals surface area contributed by atoms with Gasteiger partial charge in [-0.05, 0) is 54.1 Å². The first-order valence-electron chi connectivity index (χ1n) is 16.5. The van der Waals surface area contributed by atoms with E-state index >= 15 is 0 Å². The first kappa shape index (κ1) is 32.7. The van der Waals surface area contributed by atoms with Gasteiger partial charge in [0.05, 0.1) is 59.1 Å². The van der Waals surface area contributed by atoms with Gasteiger partial charge >= 0.3 is 0 Å². The van der Waals surface area contributed by atoms with Gasteiger partial charge in [0.15, 0.2) is 5.78 Å². The number of methoxy groups -OCH3 is 1. The molecule has 0 bridgehead atoms. The summed E-state index contributed by atoms with van der Waals surface area (Å²) in [5.41, 5.74) is 6.41. The number of ether oxygens (including phenoxy) is 1. The number of Topliss-reactive ketones (excluding diaryl/α,β-unsaturated/α-hetero) is 1. The zero-order valence-corrected chi connectivity index (χ0v) is 29.9. The quantitative estimate of drug-likeness (QED) is 0.159. The topological polar surface area (TPSA) is 92.6 Å². The van der Waals surface area contributed by atoms with Crippen molar-refractivity contribution >= 4 is 60.8 Å². The number of aromatic nitrogens is 3. The number of rotatable bonds is 9. The van der Waals surface area contributed by atoms with Crippen LogP contribution in [0.1, 0.15) is 29.4 Å². The van der Waals surface area contributed by atoms with E-state index in [1.807, 2.05) is 65.7 Å². The number of hydrazone groups is 1. The lowest BCUT2D eigenvalue weighted by Crippen LogP contribution is -2.30. The maximum Gasteiger partial charge on any atom is 0.266 e. The molecule has 8 nitrogen and oxygen atoms in total. The van der Waals surface area contributed by atoms with E-state index in [1.54, 1.807) is 43.5 Å². The third-order valence-corrected chi connectivity index (χ3v) is 10.1. The molecule has 2 aromatic heterocycles. The second-order valence-corrected chi connectivity index (χ2v) is 13.7. The van der Waals surface area contributed by atoms with Crippen molar-refractivity contribution in [3.05, 3.63) is 158 Å². The molecule has 1 aliphatic rings. The number of hydrogen-bond acceptors (Lipinski definition) is 6. The SMILES string of the molecule is COc1ccccc1C1=NN(CC(=O)Cc2nc3ccc(Br)cc3c(=O)n2-c2ccccc2Cl)C(c2c(-c3ccccc3)[nH]c3ccccc23)C1. The van der Waals surface area contributed by atoms with Crippen LogP contribution in [-0.4, -0.2) is 44.7 Å². The molecule has 1 unspecified atom stereocenters. The third-order valence-electron chi connectivity index (χ3n) is 9.24. The zero-order valence-electron chi connectivity index (χ0n) is 27.5. The summed E-state index contributed by atoms with van der Waals surface area (Å²) < 4.78 is 7.94. The van der Waals surface area contributed by atoms with Gasteiger partial charge in [0, 0.05) is 32.9 Å². The number of fused-ring (bicyclic) bond motifs is 2. The lowest BCUT2D eigenvalue weighted by Gasteiger charge is -2.24.